The van der Waals surface area contributed by atoms with Crippen LogP contribution in [0.1, 0.15) is 37.0 Å². The van der Waals surface area contributed by atoms with Gasteiger partial charge >= 0.3 is 0 Å². The van der Waals surface area contributed by atoms with Gasteiger partial charge in [-0.3, -0.25) is 0 Å². The predicted molar refractivity (Wildman–Crippen MR) is 110 cm³/mol. The summed E-state index contributed by atoms with van der Waals surface area (Å²) in [6.07, 6.45) is 2.90. The quantitative estimate of drug-likeness (QED) is 0.443. The lowest BCUT2D eigenvalue weighted by molar-refractivity contribution is 0.461. The first-order valence-corrected chi connectivity index (χ1v) is 9.41. The van der Waals surface area contributed by atoms with E-state index >= 15 is 0 Å². The highest BCUT2D eigenvalue weighted by Gasteiger charge is 2.22. The second kappa shape index (κ2) is 7.63. The second-order valence-electron chi connectivity index (χ2n) is 6.95. The summed E-state index contributed by atoms with van der Waals surface area (Å²) in [6, 6.07) is 15.7. The van der Waals surface area contributed by atoms with E-state index in [1.54, 1.807) is 18.2 Å². The Morgan fingerprint density at radius 2 is 1.52 bits per heavy atom. The Bertz CT molecular complexity index is 1140. The Morgan fingerprint density at radius 3 is 2.21 bits per heavy atom. The van der Waals surface area contributed by atoms with Gasteiger partial charge in [-0.25, -0.2) is 13.2 Å². The molecule has 146 valence electrons. The van der Waals surface area contributed by atoms with Crippen LogP contribution in [0, 0.1) is 17.5 Å². The lowest BCUT2D eigenvalue weighted by Crippen LogP contribution is -1.88. The van der Waals surface area contributed by atoms with Gasteiger partial charge in [-0.05, 0) is 89.2 Å². The highest BCUT2D eigenvalue weighted by molar-refractivity contribution is 6.05. The van der Waals surface area contributed by atoms with Crippen molar-refractivity contribution in [2.24, 2.45) is 0 Å². The van der Waals surface area contributed by atoms with Gasteiger partial charge < -0.3 is 4.74 Å². The van der Waals surface area contributed by atoms with Gasteiger partial charge in [0.25, 0.3) is 0 Å². The van der Waals surface area contributed by atoms with Crippen LogP contribution in [0.25, 0.3) is 17.2 Å². The lowest BCUT2D eigenvalue weighted by atomic mass is 10.0. The maximum atomic E-state index is 13.7. The molecule has 0 atom stereocenters. The summed E-state index contributed by atoms with van der Waals surface area (Å²) >= 11 is 0. The third kappa shape index (κ3) is 3.70. The molecule has 4 rings (SSSR count). The molecule has 29 heavy (non-hydrogen) atoms. The van der Waals surface area contributed by atoms with Crippen LogP contribution in [0.15, 0.2) is 66.2 Å². The zero-order chi connectivity index (χ0) is 20.5. The second-order valence-corrected chi connectivity index (χ2v) is 6.95. The van der Waals surface area contributed by atoms with Crippen LogP contribution >= 0.6 is 0 Å². The first kappa shape index (κ1) is 19.1. The Labute approximate surface area is 167 Å². The van der Waals surface area contributed by atoms with Crippen LogP contribution < -0.4 is 4.74 Å². The fourth-order valence-electron chi connectivity index (χ4n) is 3.68. The van der Waals surface area contributed by atoms with Gasteiger partial charge in [-0.1, -0.05) is 25.1 Å². The van der Waals surface area contributed by atoms with Crippen LogP contribution in [0.4, 0.5) is 13.2 Å². The smallest absolute Gasteiger partial charge is 0.162 e. The Kier molecular flexibility index (Phi) is 5.01. The number of benzene rings is 3. The monoisotopic (exact) mass is 392 g/mol. The average molecular weight is 392 g/mol. The highest BCUT2D eigenvalue weighted by Crippen LogP contribution is 2.43. The van der Waals surface area contributed by atoms with Gasteiger partial charge in [0.15, 0.2) is 11.6 Å². The van der Waals surface area contributed by atoms with Crippen molar-refractivity contribution < 1.29 is 17.9 Å². The predicted octanol–water partition coefficient (Wildman–Crippen LogP) is 7.63. The average Bonchev–Trinajstić information content (AvgIpc) is 2.96. The van der Waals surface area contributed by atoms with E-state index in [1.807, 2.05) is 18.2 Å². The van der Waals surface area contributed by atoms with E-state index in [-0.39, 0.29) is 11.6 Å². The van der Waals surface area contributed by atoms with Crippen molar-refractivity contribution in [2.45, 2.75) is 20.3 Å². The van der Waals surface area contributed by atoms with Gasteiger partial charge in [0.2, 0.25) is 0 Å². The molecule has 3 aromatic carbocycles. The Hall–Kier alpha value is -3.27. The fraction of sp³-hybridized carbons (Fsp3) is 0.120. The van der Waals surface area contributed by atoms with Gasteiger partial charge in [0.05, 0.1) is 0 Å². The van der Waals surface area contributed by atoms with Crippen LogP contribution in [-0.4, -0.2) is 0 Å². The minimum absolute atomic E-state index is 0.230. The van der Waals surface area contributed by atoms with Crippen molar-refractivity contribution in [2.75, 3.05) is 0 Å². The van der Waals surface area contributed by atoms with E-state index in [9.17, 15) is 13.2 Å². The molecule has 0 aliphatic heterocycles. The summed E-state index contributed by atoms with van der Waals surface area (Å²) in [4.78, 5) is 0. The number of rotatable bonds is 4. The molecular weight excluding hydrogens is 373 g/mol. The molecule has 1 aliphatic rings. The van der Waals surface area contributed by atoms with Crippen molar-refractivity contribution in [3.8, 4) is 11.5 Å². The first-order valence-electron chi connectivity index (χ1n) is 9.41. The summed E-state index contributed by atoms with van der Waals surface area (Å²) in [5.74, 6) is -1.34. The molecule has 0 aromatic heterocycles. The lowest BCUT2D eigenvalue weighted by Gasteiger charge is -2.07. The van der Waals surface area contributed by atoms with E-state index < -0.39 is 11.6 Å². The number of halogens is 3. The number of fused-ring (bicyclic) bond motifs is 1. The number of hydrogen-bond acceptors (Lipinski definition) is 1. The van der Waals surface area contributed by atoms with Crippen molar-refractivity contribution in [1.29, 1.82) is 0 Å². The maximum absolute atomic E-state index is 13.7. The highest BCUT2D eigenvalue weighted by atomic mass is 19.2. The summed E-state index contributed by atoms with van der Waals surface area (Å²) in [7, 11) is 0. The van der Waals surface area contributed by atoms with Gasteiger partial charge in [-0.2, -0.15) is 0 Å². The molecule has 0 saturated heterocycles. The third-order valence-electron chi connectivity index (χ3n) is 5.13. The molecule has 0 bridgehead atoms. The molecule has 0 unspecified atom stereocenters. The van der Waals surface area contributed by atoms with E-state index in [0.717, 1.165) is 52.0 Å². The molecule has 0 radical (unpaired) electrons. The summed E-state index contributed by atoms with van der Waals surface area (Å²) < 4.78 is 45.7. The molecule has 0 amide bonds. The molecule has 0 heterocycles. The van der Waals surface area contributed by atoms with E-state index in [4.69, 9.17) is 4.74 Å². The fourth-order valence-corrected chi connectivity index (χ4v) is 3.68. The van der Waals surface area contributed by atoms with Crippen molar-refractivity contribution in [3.63, 3.8) is 0 Å². The largest absolute Gasteiger partial charge is 0.457 e. The standard InChI is InChI=1S/C25H19F3O/c1-3-20-15(2)22(21-10-6-17(26)13-23(20)21)12-16-4-7-18(8-5-16)29-19-9-11-24(27)25(28)14-19/h4-14H,3H2,1-2H3/b22-12+. The molecule has 0 saturated carbocycles. The van der Waals surface area contributed by atoms with Gasteiger partial charge in [-0.15, -0.1) is 0 Å². The number of hydrogen-bond donors (Lipinski definition) is 0. The van der Waals surface area contributed by atoms with Crippen LogP contribution in [0.2, 0.25) is 0 Å². The van der Waals surface area contributed by atoms with E-state index in [0.29, 0.717) is 5.75 Å². The van der Waals surface area contributed by atoms with Gasteiger partial charge in [0.1, 0.15) is 17.3 Å². The van der Waals surface area contributed by atoms with Crippen LogP contribution in [0.3, 0.4) is 0 Å². The topological polar surface area (TPSA) is 9.23 Å². The van der Waals surface area contributed by atoms with Crippen molar-refractivity contribution in [3.05, 3.63) is 100 Å². The SMILES string of the molecule is CCC1=C(C)/C(=C\c2ccc(Oc3ccc(F)c(F)c3)cc2)c2ccc(F)cc21. The molecule has 0 N–H and O–H groups in total. The van der Waals surface area contributed by atoms with E-state index in [2.05, 4.69) is 19.9 Å². The van der Waals surface area contributed by atoms with E-state index in [1.165, 1.54) is 12.1 Å². The molecule has 4 heteroatoms. The summed E-state index contributed by atoms with van der Waals surface area (Å²) in [6.45, 7) is 4.13. The van der Waals surface area contributed by atoms with Crippen molar-refractivity contribution in [1.82, 2.24) is 0 Å². The number of ether oxygens (including phenoxy) is 1. The number of allylic oxidation sites excluding steroid dienone is 3. The van der Waals surface area contributed by atoms with Crippen LogP contribution in [-0.2, 0) is 0 Å². The van der Waals surface area contributed by atoms with Crippen molar-refractivity contribution >= 4 is 17.2 Å². The molecule has 0 spiro atoms. The van der Waals surface area contributed by atoms with Gasteiger partial charge in [0, 0.05) is 6.07 Å². The van der Waals surface area contributed by atoms with Crippen LogP contribution in [0.5, 0.6) is 11.5 Å². The molecule has 0 fully saturated rings. The molecule has 1 nitrogen and oxygen atoms in total. The normalized spacial score (nSPS) is 14.4. The molecule has 1 aliphatic carbocycles. The first-order chi connectivity index (χ1) is 14.0. The molecule has 3 aromatic rings. The Balaban J connectivity index is 1.62. The maximum Gasteiger partial charge on any atom is 0.162 e. The third-order valence-corrected chi connectivity index (χ3v) is 5.13. The zero-order valence-electron chi connectivity index (χ0n) is 16.1. The zero-order valence-corrected chi connectivity index (χ0v) is 16.1. The summed E-state index contributed by atoms with van der Waals surface area (Å²) in [5.41, 5.74) is 6.33. The summed E-state index contributed by atoms with van der Waals surface area (Å²) in [5, 5.41) is 0. The minimum Gasteiger partial charge on any atom is -0.457 e. The Morgan fingerprint density at radius 1 is 0.793 bits per heavy atom. The molecular formula is C25H19F3O. The minimum atomic E-state index is -0.950.